The van der Waals surface area contributed by atoms with E-state index in [-0.39, 0.29) is 18.6 Å². The largest absolute Gasteiger partial charge is 0.498 e. The molecule has 1 aliphatic carbocycles. The lowest BCUT2D eigenvalue weighted by Gasteiger charge is -2.27. The minimum absolute atomic E-state index is 0.00221. The van der Waals surface area contributed by atoms with Crippen LogP contribution in [0.4, 0.5) is 13.2 Å². The van der Waals surface area contributed by atoms with Crippen molar-refractivity contribution in [3.05, 3.63) is 29.3 Å². The number of esters is 1. The van der Waals surface area contributed by atoms with Crippen molar-refractivity contribution in [1.29, 1.82) is 0 Å². The van der Waals surface area contributed by atoms with Crippen LogP contribution in [0.5, 0.6) is 0 Å². The predicted octanol–water partition coefficient (Wildman–Crippen LogP) is 3.97. The van der Waals surface area contributed by atoms with E-state index in [1.807, 2.05) is 19.9 Å². The first kappa shape index (κ1) is 18.4. The molecule has 8 heteroatoms. The van der Waals surface area contributed by atoms with Crippen molar-refractivity contribution in [2.75, 3.05) is 13.2 Å². The smallest absolute Gasteiger partial charge is 0.436 e. The van der Waals surface area contributed by atoms with Crippen molar-refractivity contribution < 1.29 is 27.4 Å². The summed E-state index contributed by atoms with van der Waals surface area (Å²) in [5.74, 6) is -0.0821. The molecule has 0 aliphatic heterocycles. The van der Waals surface area contributed by atoms with Crippen molar-refractivity contribution in [3.8, 4) is 0 Å². The molecule has 0 bridgehead atoms. The highest BCUT2D eigenvalue weighted by atomic mass is 19.4. The average molecular weight is 346 g/mol. The molecule has 0 radical (unpaired) electrons. The van der Waals surface area contributed by atoms with E-state index in [2.05, 4.69) is 5.10 Å². The zero-order valence-corrected chi connectivity index (χ0v) is 13.9. The van der Waals surface area contributed by atoms with Crippen LogP contribution in [0, 0.1) is 5.92 Å². The lowest BCUT2D eigenvalue weighted by molar-refractivity contribution is -0.142. The number of halogens is 3. The van der Waals surface area contributed by atoms with Crippen molar-refractivity contribution in [2.45, 2.75) is 45.8 Å². The number of carbonyl (C=O) groups excluding carboxylic acids is 1. The number of nitrogens with zero attached hydrogens (tertiary/aromatic N) is 2. The van der Waals surface area contributed by atoms with Gasteiger partial charge in [0.15, 0.2) is 5.69 Å². The molecule has 0 fully saturated rings. The Kier molecular flexibility index (Phi) is 5.56. The summed E-state index contributed by atoms with van der Waals surface area (Å²) in [4.78, 5) is 11.8. The van der Waals surface area contributed by atoms with Gasteiger partial charge in [-0.1, -0.05) is 6.92 Å². The van der Waals surface area contributed by atoms with Crippen LogP contribution in [-0.2, 0) is 15.7 Å². The molecule has 0 spiro atoms. The van der Waals surface area contributed by atoms with E-state index < -0.39 is 23.4 Å². The highest BCUT2D eigenvalue weighted by Gasteiger charge is 2.40. The van der Waals surface area contributed by atoms with Gasteiger partial charge in [-0.15, -0.1) is 0 Å². The monoisotopic (exact) mass is 346 g/mol. The van der Waals surface area contributed by atoms with E-state index >= 15 is 0 Å². The van der Waals surface area contributed by atoms with E-state index in [0.29, 0.717) is 19.4 Å². The predicted molar refractivity (Wildman–Crippen MR) is 80.3 cm³/mol. The van der Waals surface area contributed by atoms with Crippen LogP contribution in [0.2, 0.25) is 0 Å². The third-order valence-corrected chi connectivity index (χ3v) is 3.88. The fourth-order valence-electron chi connectivity index (χ4n) is 2.80. The van der Waals surface area contributed by atoms with Crippen molar-refractivity contribution in [1.82, 2.24) is 9.78 Å². The first-order valence-electron chi connectivity index (χ1n) is 7.94. The van der Waals surface area contributed by atoms with Crippen LogP contribution in [0.1, 0.15) is 55.7 Å². The van der Waals surface area contributed by atoms with Gasteiger partial charge in [0.25, 0.3) is 0 Å². The van der Waals surface area contributed by atoms with Crippen molar-refractivity contribution in [3.63, 3.8) is 0 Å². The van der Waals surface area contributed by atoms with Gasteiger partial charge >= 0.3 is 12.1 Å². The molecule has 0 saturated heterocycles. The van der Waals surface area contributed by atoms with Gasteiger partial charge in [0, 0.05) is 12.1 Å². The zero-order valence-electron chi connectivity index (χ0n) is 13.9. The van der Waals surface area contributed by atoms with Gasteiger partial charge in [-0.3, -0.25) is 4.68 Å². The Hall–Kier alpha value is -1.99. The molecule has 5 nitrogen and oxygen atoms in total. The number of alkyl halides is 3. The molecular weight excluding hydrogens is 325 g/mol. The van der Waals surface area contributed by atoms with Crippen LogP contribution < -0.4 is 0 Å². The topological polar surface area (TPSA) is 53.4 Å². The van der Waals surface area contributed by atoms with Crippen LogP contribution in [0.25, 0.3) is 0 Å². The molecule has 2 atom stereocenters. The zero-order chi connectivity index (χ0) is 17.9. The Morgan fingerprint density at radius 3 is 2.62 bits per heavy atom. The molecule has 1 aromatic heterocycles. The Bertz CT molecular complexity index is 623. The summed E-state index contributed by atoms with van der Waals surface area (Å²) in [5, 5.41) is 3.63. The second kappa shape index (κ2) is 7.27. The summed E-state index contributed by atoms with van der Waals surface area (Å²) in [7, 11) is 0. The number of rotatable bonds is 5. The number of carbonyl (C=O) groups is 1. The van der Waals surface area contributed by atoms with Crippen molar-refractivity contribution in [2.24, 2.45) is 5.92 Å². The van der Waals surface area contributed by atoms with Crippen LogP contribution in [-0.4, -0.2) is 29.0 Å². The van der Waals surface area contributed by atoms with Gasteiger partial charge in [-0.2, -0.15) is 18.3 Å². The molecule has 0 aromatic carbocycles. The molecule has 2 rings (SSSR count). The van der Waals surface area contributed by atoms with Gasteiger partial charge in [0.1, 0.15) is 5.56 Å². The summed E-state index contributed by atoms with van der Waals surface area (Å²) < 4.78 is 50.9. The first-order chi connectivity index (χ1) is 11.3. The summed E-state index contributed by atoms with van der Waals surface area (Å²) >= 11 is 0. The van der Waals surface area contributed by atoms with Gasteiger partial charge < -0.3 is 9.47 Å². The normalized spacial score (nSPS) is 21.3. The quantitative estimate of drug-likeness (QED) is 0.757. The third kappa shape index (κ3) is 3.91. The molecule has 1 aromatic rings. The second-order valence-electron chi connectivity index (χ2n) is 5.66. The molecule has 1 heterocycles. The van der Waals surface area contributed by atoms with E-state index in [1.165, 1.54) is 4.68 Å². The van der Waals surface area contributed by atoms with Gasteiger partial charge in [0.2, 0.25) is 0 Å². The molecule has 1 aliphatic rings. The third-order valence-electron chi connectivity index (χ3n) is 3.88. The van der Waals surface area contributed by atoms with E-state index in [4.69, 9.17) is 9.47 Å². The van der Waals surface area contributed by atoms with E-state index in [1.54, 1.807) is 6.92 Å². The lowest BCUT2D eigenvalue weighted by Crippen LogP contribution is -2.20. The van der Waals surface area contributed by atoms with Crippen LogP contribution >= 0.6 is 0 Å². The number of aromatic nitrogens is 2. The second-order valence-corrected chi connectivity index (χ2v) is 5.66. The minimum atomic E-state index is -4.71. The fourth-order valence-corrected chi connectivity index (χ4v) is 2.80. The maximum atomic E-state index is 13.2. The summed E-state index contributed by atoms with van der Waals surface area (Å²) in [6.07, 6.45) is -0.604. The number of allylic oxidation sites excluding steroid dienone is 2. The average Bonchev–Trinajstić information content (AvgIpc) is 2.95. The van der Waals surface area contributed by atoms with Crippen LogP contribution in [0.3, 0.4) is 0 Å². The molecule has 0 N–H and O–H groups in total. The minimum Gasteiger partial charge on any atom is -0.498 e. The van der Waals surface area contributed by atoms with E-state index in [0.717, 1.165) is 12.0 Å². The number of hydrogen-bond acceptors (Lipinski definition) is 4. The summed E-state index contributed by atoms with van der Waals surface area (Å²) in [6.45, 7) is 5.93. The Morgan fingerprint density at radius 1 is 1.38 bits per heavy atom. The fraction of sp³-hybridized carbons (Fsp3) is 0.625. The summed E-state index contributed by atoms with van der Waals surface area (Å²) in [5.41, 5.74) is -1.75. The number of hydrogen-bond donors (Lipinski definition) is 0. The Labute approximate surface area is 138 Å². The summed E-state index contributed by atoms with van der Waals surface area (Å²) in [6, 6.07) is -0.256. The molecule has 0 saturated carbocycles. The van der Waals surface area contributed by atoms with Crippen molar-refractivity contribution >= 4 is 5.97 Å². The number of ether oxygens (including phenoxy) is 2. The Morgan fingerprint density at radius 2 is 2.08 bits per heavy atom. The highest BCUT2D eigenvalue weighted by Crippen LogP contribution is 2.36. The molecule has 24 heavy (non-hydrogen) atoms. The lowest BCUT2D eigenvalue weighted by atomic mass is 9.91. The maximum Gasteiger partial charge on any atom is 0.436 e. The van der Waals surface area contributed by atoms with Gasteiger partial charge in [0.05, 0.1) is 25.0 Å². The Balaban J connectivity index is 2.30. The molecule has 134 valence electrons. The SMILES string of the molecule is CCOC(=O)c1cn(C2CC=C(OCC)C(C)C2)nc1C(F)(F)F. The molecular formula is C16H21F3N2O3. The van der Waals surface area contributed by atoms with Gasteiger partial charge in [-0.05, 0) is 32.8 Å². The molecule has 0 amide bonds. The highest BCUT2D eigenvalue weighted by molar-refractivity contribution is 5.90. The standard InChI is InChI=1S/C16H21F3N2O3/c1-4-23-13-7-6-11(8-10(13)3)21-9-12(15(22)24-5-2)14(20-21)16(17,18)19/h7,9-11H,4-6,8H2,1-3H3. The molecule has 2 unspecified atom stereocenters. The van der Waals surface area contributed by atoms with E-state index in [9.17, 15) is 18.0 Å². The van der Waals surface area contributed by atoms with Crippen LogP contribution in [0.15, 0.2) is 18.0 Å². The maximum absolute atomic E-state index is 13.2. The van der Waals surface area contributed by atoms with Gasteiger partial charge in [-0.25, -0.2) is 4.79 Å². The first-order valence-corrected chi connectivity index (χ1v) is 7.94.